The minimum atomic E-state index is 0.103. The molecule has 1 atom stereocenters. The average molecular weight is 420 g/mol. The number of ether oxygens (including phenoxy) is 1. The molecule has 5 nitrogen and oxygen atoms in total. The lowest BCUT2D eigenvalue weighted by Crippen LogP contribution is -2.24. The Balaban J connectivity index is 1.54. The molecule has 0 N–H and O–H groups in total. The lowest BCUT2D eigenvalue weighted by Gasteiger charge is -2.18. The van der Waals surface area contributed by atoms with E-state index >= 15 is 0 Å². The molecular weight excluding hydrogens is 386 g/mol. The molecule has 1 aromatic heterocycles. The number of benzene rings is 2. The maximum Gasteiger partial charge on any atom is 0.227 e. The number of imidazole rings is 1. The minimum absolute atomic E-state index is 0.103. The first-order chi connectivity index (χ1) is 15.2. The van der Waals surface area contributed by atoms with Crippen molar-refractivity contribution in [1.29, 1.82) is 0 Å². The number of aromatic nitrogens is 2. The Kier molecular flexibility index (Phi) is 6.90. The summed E-state index contributed by atoms with van der Waals surface area (Å²) < 4.78 is 7.71. The second-order valence-corrected chi connectivity index (χ2v) is 8.48. The van der Waals surface area contributed by atoms with Gasteiger partial charge in [-0.05, 0) is 30.7 Å². The number of aryl methyl sites for hydroxylation is 1. The molecule has 31 heavy (non-hydrogen) atoms. The van der Waals surface area contributed by atoms with Crippen LogP contribution in [0.1, 0.15) is 63.6 Å². The van der Waals surface area contributed by atoms with Crippen molar-refractivity contribution >= 4 is 22.6 Å². The van der Waals surface area contributed by atoms with Gasteiger partial charge in [-0.25, -0.2) is 4.98 Å². The molecule has 1 aliphatic rings. The molecule has 0 bridgehead atoms. The van der Waals surface area contributed by atoms with Crippen LogP contribution in [-0.4, -0.2) is 29.1 Å². The van der Waals surface area contributed by atoms with Gasteiger partial charge in [0.05, 0.1) is 18.1 Å². The molecule has 1 saturated heterocycles. The summed E-state index contributed by atoms with van der Waals surface area (Å²) in [4.78, 5) is 19.7. The molecule has 3 aromatic rings. The third-order valence-corrected chi connectivity index (χ3v) is 6.27. The van der Waals surface area contributed by atoms with Gasteiger partial charge in [0.15, 0.2) is 0 Å². The van der Waals surface area contributed by atoms with Crippen molar-refractivity contribution in [3.8, 4) is 5.75 Å². The zero-order chi connectivity index (χ0) is 21.6. The van der Waals surface area contributed by atoms with Crippen molar-refractivity contribution in [1.82, 2.24) is 9.55 Å². The number of amides is 1. The summed E-state index contributed by atoms with van der Waals surface area (Å²) in [6, 6.07) is 16.1. The third kappa shape index (κ3) is 4.76. The van der Waals surface area contributed by atoms with E-state index in [4.69, 9.17) is 9.72 Å². The molecule has 164 valence electrons. The number of nitrogens with zero attached hydrogens (tertiary/aromatic N) is 3. The van der Waals surface area contributed by atoms with Crippen LogP contribution in [0.2, 0.25) is 0 Å². The van der Waals surface area contributed by atoms with Crippen LogP contribution in [-0.2, 0) is 11.3 Å². The Morgan fingerprint density at radius 2 is 1.84 bits per heavy atom. The van der Waals surface area contributed by atoms with Gasteiger partial charge in [-0.3, -0.25) is 4.79 Å². The Bertz CT molecular complexity index is 1030. The molecule has 0 radical (unpaired) electrons. The van der Waals surface area contributed by atoms with Crippen molar-refractivity contribution < 1.29 is 9.53 Å². The summed E-state index contributed by atoms with van der Waals surface area (Å²) in [7, 11) is 1.65. The van der Waals surface area contributed by atoms with Crippen LogP contribution in [0.4, 0.5) is 5.69 Å². The Hall–Kier alpha value is -2.82. The molecule has 2 heterocycles. The maximum absolute atomic E-state index is 12.9. The minimum Gasteiger partial charge on any atom is -0.497 e. The van der Waals surface area contributed by atoms with E-state index in [1.807, 2.05) is 35.2 Å². The van der Waals surface area contributed by atoms with Gasteiger partial charge in [0.1, 0.15) is 11.6 Å². The van der Waals surface area contributed by atoms with Crippen LogP contribution in [0.15, 0.2) is 48.5 Å². The van der Waals surface area contributed by atoms with E-state index in [9.17, 15) is 4.79 Å². The topological polar surface area (TPSA) is 47.4 Å². The molecular formula is C26H33N3O2. The molecule has 4 rings (SSSR count). The number of anilines is 1. The molecule has 2 aromatic carbocycles. The number of hydrogen-bond acceptors (Lipinski definition) is 3. The molecule has 0 spiro atoms. The highest BCUT2D eigenvalue weighted by atomic mass is 16.5. The summed E-state index contributed by atoms with van der Waals surface area (Å²) >= 11 is 0. The summed E-state index contributed by atoms with van der Waals surface area (Å²) in [5.41, 5.74) is 3.10. The van der Waals surface area contributed by atoms with Crippen LogP contribution in [0.25, 0.3) is 11.0 Å². The normalized spacial score (nSPS) is 16.4. The van der Waals surface area contributed by atoms with Crippen molar-refractivity contribution in [2.45, 2.75) is 64.3 Å². The molecule has 1 fully saturated rings. The summed E-state index contributed by atoms with van der Waals surface area (Å²) in [6.45, 7) is 3.87. The van der Waals surface area contributed by atoms with Crippen molar-refractivity contribution in [2.75, 3.05) is 18.6 Å². The standard InChI is InChI=1S/C26H33N3O2/c1-3-4-5-6-7-10-16-28-24-15-9-8-14-23(24)27-26(28)20-17-25(30)29(19-20)21-12-11-13-22(18-21)31-2/h8-9,11-15,18,20H,3-7,10,16-17,19H2,1-2H3/t20-/m0/s1. The monoisotopic (exact) mass is 419 g/mol. The predicted octanol–water partition coefficient (Wildman–Crippen LogP) is 5.93. The molecule has 0 saturated carbocycles. The van der Waals surface area contributed by atoms with E-state index in [2.05, 4.69) is 29.7 Å². The number of unbranched alkanes of at least 4 members (excludes halogenated alkanes) is 5. The quantitative estimate of drug-likeness (QED) is 0.383. The van der Waals surface area contributed by atoms with Gasteiger partial charge >= 0.3 is 0 Å². The first kappa shape index (κ1) is 21.4. The summed E-state index contributed by atoms with van der Waals surface area (Å²) in [5, 5.41) is 0. The van der Waals surface area contributed by atoms with Crippen molar-refractivity contribution in [2.24, 2.45) is 0 Å². The second kappa shape index (κ2) is 9.99. The summed E-state index contributed by atoms with van der Waals surface area (Å²) in [5.74, 6) is 2.07. The number of fused-ring (bicyclic) bond motifs is 1. The van der Waals surface area contributed by atoms with Crippen LogP contribution in [0.3, 0.4) is 0 Å². The van der Waals surface area contributed by atoms with Crippen molar-refractivity contribution in [3.63, 3.8) is 0 Å². The fraction of sp³-hybridized carbons (Fsp3) is 0.462. The number of methoxy groups -OCH3 is 1. The van der Waals surface area contributed by atoms with E-state index < -0.39 is 0 Å². The van der Waals surface area contributed by atoms with Gasteiger partial charge in [0, 0.05) is 37.2 Å². The molecule has 0 unspecified atom stereocenters. The van der Waals surface area contributed by atoms with E-state index in [-0.39, 0.29) is 11.8 Å². The molecule has 1 amide bonds. The molecule has 5 heteroatoms. The van der Waals surface area contributed by atoms with Gasteiger partial charge in [0.2, 0.25) is 5.91 Å². The van der Waals surface area contributed by atoms with E-state index in [0.717, 1.165) is 35.7 Å². The van der Waals surface area contributed by atoms with Gasteiger partial charge < -0.3 is 14.2 Å². The number of carbonyl (C=O) groups excluding carboxylic acids is 1. The lowest BCUT2D eigenvalue weighted by molar-refractivity contribution is -0.117. The first-order valence-electron chi connectivity index (χ1n) is 11.6. The Morgan fingerprint density at radius 3 is 2.68 bits per heavy atom. The van der Waals surface area contributed by atoms with Crippen LogP contribution in [0, 0.1) is 0 Å². The average Bonchev–Trinajstić information content (AvgIpc) is 3.36. The molecule has 0 aliphatic carbocycles. The predicted molar refractivity (Wildman–Crippen MR) is 126 cm³/mol. The number of carbonyl (C=O) groups is 1. The van der Waals surface area contributed by atoms with Gasteiger partial charge in [-0.2, -0.15) is 0 Å². The smallest absolute Gasteiger partial charge is 0.227 e. The van der Waals surface area contributed by atoms with Crippen LogP contribution < -0.4 is 9.64 Å². The van der Waals surface area contributed by atoms with Gasteiger partial charge in [-0.15, -0.1) is 0 Å². The van der Waals surface area contributed by atoms with Crippen LogP contribution in [0.5, 0.6) is 5.75 Å². The zero-order valence-corrected chi connectivity index (χ0v) is 18.7. The van der Waals surface area contributed by atoms with E-state index in [1.165, 1.54) is 37.6 Å². The highest BCUT2D eigenvalue weighted by molar-refractivity contribution is 5.96. The Labute approximate surface area is 185 Å². The number of para-hydroxylation sites is 2. The second-order valence-electron chi connectivity index (χ2n) is 8.48. The third-order valence-electron chi connectivity index (χ3n) is 6.27. The van der Waals surface area contributed by atoms with Crippen LogP contribution >= 0.6 is 0 Å². The van der Waals surface area contributed by atoms with Crippen molar-refractivity contribution in [3.05, 3.63) is 54.4 Å². The SMILES string of the molecule is CCCCCCCCn1c([C@H]2CC(=O)N(c3cccc(OC)c3)C2)nc2ccccc21. The van der Waals surface area contributed by atoms with E-state index in [1.54, 1.807) is 7.11 Å². The van der Waals surface area contributed by atoms with Gasteiger partial charge in [-0.1, -0.05) is 57.2 Å². The number of rotatable bonds is 10. The molecule has 1 aliphatic heterocycles. The highest BCUT2D eigenvalue weighted by Crippen LogP contribution is 2.34. The largest absolute Gasteiger partial charge is 0.497 e. The summed E-state index contributed by atoms with van der Waals surface area (Å²) in [6.07, 6.45) is 8.10. The first-order valence-corrected chi connectivity index (χ1v) is 11.6. The maximum atomic E-state index is 12.9. The van der Waals surface area contributed by atoms with Gasteiger partial charge in [0.25, 0.3) is 0 Å². The number of hydrogen-bond donors (Lipinski definition) is 0. The fourth-order valence-corrected chi connectivity index (χ4v) is 4.60. The zero-order valence-electron chi connectivity index (χ0n) is 18.7. The fourth-order valence-electron chi connectivity index (χ4n) is 4.60. The highest BCUT2D eigenvalue weighted by Gasteiger charge is 2.34. The van der Waals surface area contributed by atoms with E-state index in [0.29, 0.717) is 13.0 Å². The lowest BCUT2D eigenvalue weighted by atomic mass is 10.1. The Morgan fingerprint density at radius 1 is 1.03 bits per heavy atom.